The van der Waals surface area contributed by atoms with E-state index in [0.717, 1.165) is 41.6 Å². The van der Waals surface area contributed by atoms with E-state index in [0.29, 0.717) is 0 Å². The zero-order valence-electron chi connectivity index (χ0n) is 13.9. The molecule has 1 N–H and O–H groups in total. The number of nitrogens with zero attached hydrogens (tertiary/aromatic N) is 2. The Morgan fingerprint density at radius 1 is 1.52 bits per heavy atom. The van der Waals surface area contributed by atoms with Gasteiger partial charge >= 0.3 is 0 Å². The summed E-state index contributed by atoms with van der Waals surface area (Å²) in [6, 6.07) is 0. The first-order valence-electron chi connectivity index (χ1n) is 8.29. The van der Waals surface area contributed by atoms with Crippen molar-refractivity contribution in [1.82, 2.24) is 15.3 Å². The number of hydrogen-bond acceptors (Lipinski definition) is 5. The highest BCUT2D eigenvalue weighted by Crippen LogP contribution is 2.41. The highest BCUT2D eigenvalue weighted by atomic mass is 32.2. The zero-order valence-corrected chi connectivity index (χ0v) is 15.5. The lowest BCUT2D eigenvalue weighted by molar-refractivity contribution is -0.120. The first-order chi connectivity index (χ1) is 11.1. The minimum atomic E-state index is -0.141. The molecule has 0 spiro atoms. The summed E-state index contributed by atoms with van der Waals surface area (Å²) in [5.74, 6) is 0.833. The van der Waals surface area contributed by atoms with Gasteiger partial charge in [-0.3, -0.25) is 4.79 Å². The topological polar surface area (TPSA) is 54.9 Å². The van der Waals surface area contributed by atoms with Crippen molar-refractivity contribution in [3.63, 3.8) is 0 Å². The van der Waals surface area contributed by atoms with Crippen LogP contribution in [0.25, 0.3) is 10.2 Å². The standard InChI is InChI=1S/C17H23N3OS2/c1-4-7-18-15(21)11(3)22-16-14-12-6-5-10(2)8-13(12)23-17(14)20-9-19-16/h9-11H,4-8H2,1-3H3,(H,18,21)/t10-,11+/m1/s1. The lowest BCUT2D eigenvalue weighted by atomic mass is 9.89. The van der Waals surface area contributed by atoms with Gasteiger partial charge < -0.3 is 5.32 Å². The van der Waals surface area contributed by atoms with Crippen molar-refractivity contribution < 1.29 is 4.79 Å². The molecular formula is C17H23N3OS2. The molecule has 4 nitrogen and oxygen atoms in total. The number of nitrogens with one attached hydrogen (secondary N) is 1. The normalized spacial score (nSPS) is 18.7. The van der Waals surface area contributed by atoms with Crippen LogP contribution in [0.1, 0.15) is 44.1 Å². The molecule has 1 aliphatic carbocycles. The van der Waals surface area contributed by atoms with Gasteiger partial charge in [0.2, 0.25) is 5.91 Å². The molecule has 2 heterocycles. The van der Waals surface area contributed by atoms with Crippen LogP contribution in [0.3, 0.4) is 0 Å². The molecule has 23 heavy (non-hydrogen) atoms. The summed E-state index contributed by atoms with van der Waals surface area (Å²) in [5.41, 5.74) is 1.42. The number of amides is 1. The molecule has 0 saturated heterocycles. The highest BCUT2D eigenvalue weighted by Gasteiger charge is 2.24. The number of rotatable bonds is 5. The number of thioether (sulfide) groups is 1. The molecule has 0 aromatic carbocycles. The molecule has 1 aliphatic rings. The van der Waals surface area contributed by atoms with Crippen molar-refractivity contribution in [2.75, 3.05) is 6.54 Å². The Kier molecular flexibility index (Phi) is 5.21. The van der Waals surface area contributed by atoms with E-state index in [1.807, 2.05) is 6.92 Å². The van der Waals surface area contributed by atoms with Gasteiger partial charge in [-0.2, -0.15) is 0 Å². The number of carbonyl (C=O) groups excluding carboxylic acids is 1. The fraction of sp³-hybridized carbons (Fsp3) is 0.588. The summed E-state index contributed by atoms with van der Waals surface area (Å²) in [4.78, 5) is 23.6. The van der Waals surface area contributed by atoms with E-state index in [2.05, 4.69) is 29.1 Å². The van der Waals surface area contributed by atoms with Crippen LogP contribution in [-0.2, 0) is 17.6 Å². The van der Waals surface area contributed by atoms with Gasteiger partial charge in [0.05, 0.1) is 5.25 Å². The molecule has 0 fully saturated rings. The Morgan fingerprint density at radius 2 is 2.35 bits per heavy atom. The number of hydrogen-bond donors (Lipinski definition) is 1. The largest absolute Gasteiger partial charge is 0.355 e. The van der Waals surface area contributed by atoms with Crippen LogP contribution in [-0.4, -0.2) is 27.7 Å². The maximum atomic E-state index is 12.1. The number of fused-ring (bicyclic) bond motifs is 3. The monoisotopic (exact) mass is 349 g/mol. The summed E-state index contributed by atoms with van der Waals surface area (Å²) in [6.45, 7) is 7.05. The molecule has 0 aliphatic heterocycles. The second-order valence-electron chi connectivity index (χ2n) is 6.26. The second-order valence-corrected chi connectivity index (χ2v) is 8.67. The minimum Gasteiger partial charge on any atom is -0.355 e. The van der Waals surface area contributed by atoms with Crippen molar-refractivity contribution in [3.05, 3.63) is 16.8 Å². The van der Waals surface area contributed by atoms with Gasteiger partial charge in [-0.25, -0.2) is 9.97 Å². The van der Waals surface area contributed by atoms with E-state index in [-0.39, 0.29) is 11.2 Å². The second kappa shape index (κ2) is 7.18. The first kappa shape index (κ1) is 16.7. The average Bonchev–Trinajstić information content (AvgIpc) is 2.90. The molecule has 1 amide bonds. The third-order valence-electron chi connectivity index (χ3n) is 4.26. The van der Waals surface area contributed by atoms with E-state index in [4.69, 9.17) is 0 Å². The molecule has 0 saturated carbocycles. The summed E-state index contributed by atoms with van der Waals surface area (Å²) < 4.78 is 0. The molecule has 2 aromatic heterocycles. The Balaban J connectivity index is 1.88. The predicted octanol–water partition coefficient (Wildman–Crippen LogP) is 3.82. The fourth-order valence-electron chi connectivity index (χ4n) is 2.95. The van der Waals surface area contributed by atoms with Crippen LogP contribution >= 0.6 is 23.1 Å². The quantitative estimate of drug-likeness (QED) is 0.658. The molecule has 6 heteroatoms. The van der Waals surface area contributed by atoms with Gasteiger partial charge in [-0.1, -0.05) is 25.6 Å². The van der Waals surface area contributed by atoms with Crippen LogP contribution in [0.2, 0.25) is 0 Å². The van der Waals surface area contributed by atoms with E-state index < -0.39 is 0 Å². The average molecular weight is 350 g/mol. The van der Waals surface area contributed by atoms with Crippen molar-refractivity contribution in [2.24, 2.45) is 5.92 Å². The van der Waals surface area contributed by atoms with Crippen LogP contribution in [0.5, 0.6) is 0 Å². The number of aryl methyl sites for hydroxylation is 1. The third-order valence-corrected chi connectivity index (χ3v) is 6.53. The molecule has 124 valence electrons. The fourth-order valence-corrected chi connectivity index (χ4v) is 5.33. The van der Waals surface area contributed by atoms with Crippen LogP contribution in [0.4, 0.5) is 0 Å². The molecule has 0 bridgehead atoms. The van der Waals surface area contributed by atoms with Gasteiger partial charge in [0, 0.05) is 16.8 Å². The van der Waals surface area contributed by atoms with Gasteiger partial charge in [0.15, 0.2) is 0 Å². The lowest BCUT2D eigenvalue weighted by Gasteiger charge is -2.18. The summed E-state index contributed by atoms with van der Waals surface area (Å²) in [7, 11) is 0. The number of aromatic nitrogens is 2. The van der Waals surface area contributed by atoms with E-state index in [1.165, 1.54) is 22.2 Å². The van der Waals surface area contributed by atoms with Crippen molar-refractivity contribution >= 4 is 39.2 Å². The summed E-state index contributed by atoms with van der Waals surface area (Å²) in [5, 5.41) is 4.97. The van der Waals surface area contributed by atoms with E-state index >= 15 is 0 Å². The molecule has 3 rings (SSSR count). The van der Waals surface area contributed by atoms with Gasteiger partial charge in [-0.15, -0.1) is 11.3 Å². The molecule has 2 atom stereocenters. The van der Waals surface area contributed by atoms with Gasteiger partial charge in [0.1, 0.15) is 16.2 Å². The molecular weight excluding hydrogens is 326 g/mol. The SMILES string of the molecule is CCCNC(=O)[C@H](C)Sc1ncnc2sc3c(c12)CC[C@@H](C)C3. The Morgan fingerprint density at radius 3 is 3.13 bits per heavy atom. The summed E-state index contributed by atoms with van der Waals surface area (Å²) >= 11 is 3.36. The predicted molar refractivity (Wildman–Crippen MR) is 97.2 cm³/mol. The van der Waals surface area contributed by atoms with E-state index in [1.54, 1.807) is 29.4 Å². The van der Waals surface area contributed by atoms with Crippen molar-refractivity contribution in [1.29, 1.82) is 0 Å². The Hall–Kier alpha value is -1.14. The van der Waals surface area contributed by atoms with Crippen LogP contribution in [0.15, 0.2) is 11.4 Å². The molecule has 0 unspecified atom stereocenters. The summed E-state index contributed by atoms with van der Waals surface area (Å²) in [6.07, 6.45) is 6.06. The van der Waals surface area contributed by atoms with Crippen LogP contribution in [0, 0.1) is 5.92 Å². The first-order valence-corrected chi connectivity index (χ1v) is 9.99. The maximum Gasteiger partial charge on any atom is 0.233 e. The Labute approximate surface area is 145 Å². The number of thiophene rings is 1. The van der Waals surface area contributed by atoms with Gasteiger partial charge in [0.25, 0.3) is 0 Å². The van der Waals surface area contributed by atoms with Crippen molar-refractivity contribution in [2.45, 2.75) is 56.7 Å². The highest BCUT2D eigenvalue weighted by molar-refractivity contribution is 8.00. The van der Waals surface area contributed by atoms with Crippen molar-refractivity contribution in [3.8, 4) is 0 Å². The minimum absolute atomic E-state index is 0.0846. The maximum absolute atomic E-state index is 12.1. The zero-order chi connectivity index (χ0) is 16.4. The molecule has 0 radical (unpaired) electrons. The Bertz CT molecular complexity index is 713. The van der Waals surface area contributed by atoms with Crippen LogP contribution < -0.4 is 5.32 Å². The smallest absolute Gasteiger partial charge is 0.233 e. The number of carbonyl (C=O) groups is 1. The third kappa shape index (κ3) is 3.53. The van der Waals surface area contributed by atoms with E-state index in [9.17, 15) is 4.79 Å². The van der Waals surface area contributed by atoms with Gasteiger partial charge in [-0.05, 0) is 44.1 Å². The lowest BCUT2D eigenvalue weighted by Crippen LogP contribution is -2.31. The molecule has 2 aromatic rings.